The van der Waals surface area contributed by atoms with E-state index < -0.39 is 29.0 Å². The molecule has 1 heterocycles. The molecule has 0 saturated heterocycles. The number of ether oxygens (including phenoxy) is 4. The van der Waals surface area contributed by atoms with Gasteiger partial charge in [0.05, 0.1) is 33.7 Å². The fourth-order valence-corrected chi connectivity index (χ4v) is 2.82. The van der Waals surface area contributed by atoms with E-state index in [1.807, 2.05) is 0 Å². The summed E-state index contributed by atoms with van der Waals surface area (Å²) in [4.78, 5) is 35.5. The molecule has 29 heavy (non-hydrogen) atoms. The second-order valence-corrected chi connectivity index (χ2v) is 6.12. The number of methoxy groups -OCH3 is 3. The molecule has 1 N–H and O–H groups in total. The van der Waals surface area contributed by atoms with Crippen LogP contribution in [0.3, 0.4) is 0 Å². The van der Waals surface area contributed by atoms with Crippen molar-refractivity contribution in [2.24, 2.45) is 0 Å². The van der Waals surface area contributed by atoms with Crippen LogP contribution in [-0.4, -0.2) is 38.4 Å². The molecule has 1 atom stereocenters. The topological polar surface area (TPSA) is 122 Å². The Morgan fingerprint density at radius 2 is 1.69 bits per heavy atom. The molecule has 9 nitrogen and oxygen atoms in total. The predicted octanol–water partition coefficient (Wildman–Crippen LogP) is 2.29. The first kappa shape index (κ1) is 21.8. The van der Waals surface area contributed by atoms with Gasteiger partial charge in [-0.1, -0.05) is 0 Å². The van der Waals surface area contributed by atoms with Crippen molar-refractivity contribution in [3.05, 3.63) is 45.5 Å². The highest BCUT2D eigenvalue weighted by Crippen LogP contribution is 2.43. The van der Waals surface area contributed by atoms with Gasteiger partial charge in [0, 0.05) is 13.0 Å². The Hall–Kier alpha value is -3.49. The van der Waals surface area contributed by atoms with Crippen molar-refractivity contribution in [3.63, 3.8) is 0 Å². The van der Waals surface area contributed by atoms with Crippen LogP contribution in [0.15, 0.2) is 27.4 Å². The first-order valence-electron chi connectivity index (χ1n) is 8.56. The van der Waals surface area contributed by atoms with Crippen LogP contribution < -0.4 is 19.6 Å². The summed E-state index contributed by atoms with van der Waals surface area (Å²) in [6.45, 7) is 2.77. The largest absolute Gasteiger partial charge is 0.502 e. The van der Waals surface area contributed by atoms with Gasteiger partial charge in [0.2, 0.25) is 16.9 Å². The molecule has 0 spiro atoms. The monoisotopic (exact) mass is 406 g/mol. The highest BCUT2D eigenvalue weighted by atomic mass is 16.6. The summed E-state index contributed by atoms with van der Waals surface area (Å²) in [7, 11) is 3.95. The predicted molar refractivity (Wildman–Crippen MR) is 101 cm³/mol. The number of hydrogen-bond acceptors (Lipinski definition) is 9. The average Bonchev–Trinajstić information content (AvgIpc) is 2.68. The number of carbonyl (C=O) groups is 2. The fourth-order valence-electron chi connectivity index (χ4n) is 2.82. The molecule has 0 saturated carbocycles. The zero-order valence-electron chi connectivity index (χ0n) is 16.7. The Bertz CT molecular complexity index is 949. The third kappa shape index (κ3) is 4.87. The number of rotatable bonds is 7. The molecule has 1 aromatic heterocycles. The summed E-state index contributed by atoms with van der Waals surface area (Å²) in [6.07, 6.45) is -0.240. The third-order valence-corrected chi connectivity index (χ3v) is 4.12. The normalized spacial score (nSPS) is 11.5. The van der Waals surface area contributed by atoms with Crippen molar-refractivity contribution < 1.29 is 38.1 Å². The van der Waals surface area contributed by atoms with Crippen molar-refractivity contribution in [1.82, 2.24) is 0 Å². The molecule has 0 bridgehead atoms. The molecular formula is C20H22O9. The number of esters is 2. The molecule has 1 aromatic carbocycles. The second kappa shape index (κ2) is 9.13. The lowest BCUT2D eigenvalue weighted by atomic mass is 9.91. The Balaban J connectivity index is 2.73. The maximum absolute atomic E-state index is 12.0. The van der Waals surface area contributed by atoms with E-state index in [-0.39, 0.29) is 35.2 Å². The highest BCUT2D eigenvalue weighted by molar-refractivity contribution is 5.74. The summed E-state index contributed by atoms with van der Waals surface area (Å²) in [5.74, 6) is -2.19. The van der Waals surface area contributed by atoms with Crippen LogP contribution in [0.1, 0.15) is 36.3 Å². The quantitative estimate of drug-likeness (QED) is 0.545. The lowest BCUT2D eigenvalue weighted by Gasteiger charge is -2.20. The van der Waals surface area contributed by atoms with Crippen molar-refractivity contribution in [2.45, 2.75) is 26.2 Å². The maximum atomic E-state index is 12.0. The molecule has 0 fully saturated rings. The van der Waals surface area contributed by atoms with E-state index in [0.717, 1.165) is 6.07 Å². The highest BCUT2D eigenvalue weighted by Gasteiger charge is 2.29. The van der Waals surface area contributed by atoms with Crippen molar-refractivity contribution in [1.29, 1.82) is 0 Å². The van der Waals surface area contributed by atoms with E-state index in [4.69, 9.17) is 23.4 Å². The van der Waals surface area contributed by atoms with Gasteiger partial charge in [-0.15, -0.1) is 0 Å². The standard InChI is InChI=1S/C20H22O9/c1-10-6-14(22)18(24)19(28-10)13(9-17(23)27-5)12-7-15(25-3)20(29-11(2)21)16(8-12)26-4/h6-8,13,24H,9H2,1-5H3/t13-/m1/s1. The van der Waals surface area contributed by atoms with Gasteiger partial charge in [-0.2, -0.15) is 0 Å². The molecule has 0 unspecified atom stereocenters. The third-order valence-electron chi connectivity index (χ3n) is 4.12. The van der Waals surface area contributed by atoms with Crippen LogP contribution >= 0.6 is 0 Å². The summed E-state index contributed by atoms with van der Waals surface area (Å²) >= 11 is 0. The zero-order valence-corrected chi connectivity index (χ0v) is 16.7. The molecule has 156 valence electrons. The van der Waals surface area contributed by atoms with Crippen LogP contribution in [-0.2, 0) is 14.3 Å². The Labute approximate surface area is 166 Å². The van der Waals surface area contributed by atoms with Gasteiger partial charge in [0.25, 0.3) is 0 Å². The number of hydrogen-bond donors (Lipinski definition) is 1. The molecule has 2 aromatic rings. The summed E-state index contributed by atoms with van der Waals surface area (Å²) in [5.41, 5.74) is -0.238. The van der Waals surface area contributed by atoms with Crippen LogP contribution in [0, 0.1) is 6.92 Å². The Kier molecular flexibility index (Phi) is 6.87. The SMILES string of the molecule is COC(=O)C[C@H](c1cc(OC)c(OC(C)=O)c(OC)c1)c1oc(C)cc(=O)c1O. The summed E-state index contributed by atoms with van der Waals surface area (Å²) < 4.78 is 26.1. The molecule has 0 aliphatic rings. The molecule has 9 heteroatoms. The lowest BCUT2D eigenvalue weighted by Crippen LogP contribution is -2.14. The molecule has 0 amide bonds. The van der Waals surface area contributed by atoms with Crippen LogP contribution in [0.4, 0.5) is 0 Å². The molecule has 2 rings (SSSR count). The van der Waals surface area contributed by atoms with Gasteiger partial charge in [0.15, 0.2) is 17.3 Å². The second-order valence-electron chi connectivity index (χ2n) is 6.12. The number of aromatic hydroxyl groups is 1. The average molecular weight is 406 g/mol. The van der Waals surface area contributed by atoms with E-state index in [0.29, 0.717) is 5.56 Å². The smallest absolute Gasteiger partial charge is 0.308 e. The van der Waals surface area contributed by atoms with E-state index in [2.05, 4.69) is 0 Å². The van der Waals surface area contributed by atoms with Gasteiger partial charge < -0.3 is 28.5 Å². The molecule has 0 aliphatic carbocycles. The minimum absolute atomic E-state index is 0.0537. The summed E-state index contributed by atoms with van der Waals surface area (Å²) in [5, 5.41) is 10.3. The zero-order chi connectivity index (χ0) is 21.7. The molecular weight excluding hydrogens is 384 g/mol. The molecule has 0 radical (unpaired) electrons. The Morgan fingerprint density at radius 3 is 2.17 bits per heavy atom. The fraction of sp³-hybridized carbons (Fsp3) is 0.350. The summed E-state index contributed by atoms with van der Waals surface area (Å²) in [6, 6.07) is 4.13. The number of aryl methyl sites for hydroxylation is 1. The van der Waals surface area contributed by atoms with Crippen molar-refractivity contribution >= 4 is 11.9 Å². The van der Waals surface area contributed by atoms with Gasteiger partial charge >= 0.3 is 11.9 Å². The van der Waals surface area contributed by atoms with Crippen LogP contribution in [0.5, 0.6) is 23.0 Å². The van der Waals surface area contributed by atoms with E-state index in [9.17, 15) is 19.5 Å². The van der Waals surface area contributed by atoms with Crippen LogP contribution in [0.25, 0.3) is 0 Å². The van der Waals surface area contributed by atoms with Gasteiger partial charge in [-0.3, -0.25) is 14.4 Å². The van der Waals surface area contributed by atoms with Gasteiger partial charge in [-0.05, 0) is 24.6 Å². The number of carbonyl (C=O) groups excluding carboxylic acids is 2. The number of benzene rings is 1. The van der Waals surface area contributed by atoms with Gasteiger partial charge in [-0.25, -0.2) is 0 Å². The Morgan fingerprint density at radius 1 is 1.10 bits per heavy atom. The van der Waals surface area contributed by atoms with E-state index in [1.54, 1.807) is 6.92 Å². The van der Waals surface area contributed by atoms with Crippen molar-refractivity contribution in [3.8, 4) is 23.0 Å². The van der Waals surface area contributed by atoms with E-state index >= 15 is 0 Å². The maximum Gasteiger partial charge on any atom is 0.308 e. The minimum atomic E-state index is -0.899. The van der Waals surface area contributed by atoms with Crippen LogP contribution in [0.2, 0.25) is 0 Å². The first-order valence-corrected chi connectivity index (χ1v) is 8.56. The first-order chi connectivity index (χ1) is 13.7. The molecule has 0 aliphatic heterocycles. The van der Waals surface area contributed by atoms with Crippen molar-refractivity contribution in [2.75, 3.05) is 21.3 Å². The van der Waals surface area contributed by atoms with Gasteiger partial charge in [0.1, 0.15) is 5.76 Å². The van der Waals surface area contributed by atoms with E-state index in [1.165, 1.54) is 40.4 Å². The minimum Gasteiger partial charge on any atom is -0.502 e. The lowest BCUT2D eigenvalue weighted by molar-refractivity contribution is -0.141.